The number of carbonyl (C=O) groups is 1. The van der Waals surface area contributed by atoms with Crippen LogP contribution in [0.1, 0.15) is 55.2 Å². The molecule has 0 aliphatic rings. The molecule has 5 heteroatoms. The van der Waals surface area contributed by atoms with E-state index in [1.54, 1.807) is 6.92 Å². The van der Waals surface area contributed by atoms with Gasteiger partial charge in [0.1, 0.15) is 0 Å². The third kappa shape index (κ3) is 3.48. The van der Waals surface area contributed by atoms with E-state index in [2.05, 4.69) is 24.0 Å². The van der Waals surface area contributed by atoms with Gasteiger partial charge < -0.3 is 9.26 Å². The van der Waals surface area contributed by atoms with E-state index in [4.69, 9.17) is 9.26 Å². The van der Waals surface area contributed by atoms with Crippen molar-refractivity contribution in [2.45, 2.75) is 33.1 Å². The summed E-state index contributed by atoms with van der Waals surface area (Å²) in [6, 6.07) is 9.99. The van der Waals surface area contributed by atoms with Crippen LogP contribution in [0.4, 0.5) is 0 Å². The lowest BCUT2D eigenvalue weighted by molar-refractivity contribution is 0.0508. The van der Waals surface area contributed by atoms with Crippen molar-refractivity contribution in [1.29, 1.82) is 0 Å². The molecule has 0 saturated heterocycles. The minimum atomic E-state index is -0.552. The van der Waals surface area contributed by atoms with Gasteiger partial charge in [0, 0.05) is 0 Å². The van der Waals surface area contributed by atoms with Gasteiger partial charge in [-0.15, -0.1) is 0 Å². The average Bonchev–Trinajstić information content (AvgIpc) is 2.98. The Labute approximate surface area is 124 Å². The molecule has 21 heavy (non-hydrogen) atoms. The molecule has 0 radical (unpaired) electrons. The minimum absolute atomic E-state index is 0.0175. The van der Waals surface area contributed by atoms with Crippen LogP contribution in [0.25, 0.3) is 0 Å². The molecule has 0 aliphatic heterocycles. The fourth-order valence-corrected chi connectivity index (χ4v) is 2.25. The van der Waals surface area contributed by atoms with Crippen molar-refractivity contribution in [3.8, 4) is 0 Å². The molecule has 0 aliphatic carbocycles. The summed E-state index contributed by atoms with van der Waals surface area (Å²) in [6.07, 6.45) is 0.969. The number of esters is 1. The molecule has 2 rings (SSSR count). The molecule has 112 valence electrons. The maximum absolute atomic E-state index is 11.6. The van der Waals surface area contributed by atoms with Gasteiger partial charge in [-0.1, -0.05) is 50.6 Å². The Bertz CT molecular complexity index is 580. The highest BCUT2D eigenvalue weighted by Gasteiger charge is 2.27. The summed E-state index contributed by atoms with van der Waals surface area (Å²) in [7, 11) is 0. The van der Waals surface area contributed by atoms with Crippen molar-refractivity contribution >= 4 is 5.97 Å². The van der Waals surface area contributed by atoms with Crippen LogP contribution >= 0.6 is 0 Å². The van der Waals surface area contributed by atoms with E-state index in [0.717, 1.165) is 12.0 Å². The highest BCUT2D eigenvalue weighted by molar-refractivity contribution is 5.84. The van der Waals surface area contributed by atoms with Crippen molar-refractivity contribution in [3.63, 3.8) is 0 Å². The summed E-state index contributed by atoms with van der Waals surface area (Å²) in [4.78, 5) is 15.9. The minimum Gasteiger partial charge on any atom is -0.460 e. The molecule has 1 aromatic carbocycles. The normalized spacial score (nSPS) is 13.7. The predicted molar refractivity (Wildman–Crippen MR) is 78.0 cm³/mol. The summed E-state index contributed by atoms with van der Waals surface area (Å²) in [5.41, 5.74) is 1.10. The van der Waals surface area contributed by atoms with Crippen molar-refractivity contribution < 1.29 is 14.1 Å². The molecule has 1 heterocycles. The Morgan fingerprint density at radius 1 is 1.29 bits per heavy atom. The molecule has 0 fully saturated rings. The zero-order valence-electron chi connectivity index (χ0n) is 12.6. The first-order valence-corrected chi connectivity index (χ1v) is 7.23. The first-order chi connectivity index (χ1) is 10.2. The van der Waals surface area contributed by atoms with Crippen molar-refractivity contribution in [1.82, 2.24) is 10.1 Å². The topological polar surface area (TPSA) is 65.2 Å². The fraction of sp³-hybridized carbons (Fsp3) is 0.438. The molecular weight excluding hydrogens is 268 g/mol. The van der Waals surface area contributed by atoms with Gasteiger partial charge in [0.2, 0.25) is 5.89 Å². The average molecular weight is 288 g/mol. The largest absolute Gasteiger partial charge is 0.460 e. The molecular formula is C16H20N2O3. The number of rotatable bonds is 6. The third-order valence-electron chi connectivity index (χ3n) is 3.54. The van der Waals surface area contributed by atoms with Crippen molar-refractivity contribution in [2.75, 3.05) is 6.61 Å². The first kappa shape index (κ1) is 15.2. The molecule has 2 aromatic rings. The van der Waals surface area contributed by atoms with Crippen LogP contribution in [0.5, 0.6) is 0 Å². The van der Waals surface area contributed by atoms with E-state index in [-0.39, 0.29) is 18.3 Å². The maximum atomic E-state index is 11.6. The fourth-order valence-electron chi connectivity index (χ4n) is 2.25. The summed E-state index contributed by atoms with van der Waals surface area (Å²) in [5, 5.41) is 3.74. The van der Waals surface area contributed by atoms with E-state index in [0.29, 0.717) is 11.8 Å². The molecule has 0 amide bonds. The predicted octanol–water partition coefficient (Wildman–Crippen LogP) is 3.42. The number of carbonyl (C=O) groups excluding carboxylic acids is 1. The zero-order chi connectivity index (χ0) is 15.2. The monoisotopic (exact) mass is 288 g/mol. The number of aromatic nitrogens is 2. The summed E-state index contributed by atoms with van der Waals surface area (Å²) < 4.78 is 10.2. The Hall–Kier alpha value is -2.17. The van der Waals surface area contributed by atoms with Gasteiger partial charge in [-0.25, -0.2) is 4.79 Å². The lowest BCUT2D eigenvalue weighted by Crippen LogP contribution is -2.12. The molecule has 5 nitrogen and oxygen atoms in total. The second kappa shape index (κ2) is 7.02. The van der Waals surface area contributed by atoms with Gasteiger partial charge in [-0.2, -0.15) is 4.98 Å². The smallest absolute Gasteiger partial charge is 0.379 e. The lowest BCUT2D eigenvalue weighted by atomic mass is 9.85. The Balaban J connectivity index is 2.32. The van der Waals surface area contributed by atoms with E-state index in [1.165, 1.54) is 0 Å². The van der Waals surface area contributed by atoms with E-state index < -0.39 is 5.97 Å². The van der Waals surface area contributed by atoms with Crippen LogP contribution in [0, 0.1) is 5.92 Å². The lowest BCUT2D eigenvalue weighted by Gasteiger charge is -2.19. The van der Waals surface area contributed by atoms with E-state index >= 15 is 0 Å². The highest BCUT2D eigenvalue weighted by Crippen LogP contribution is 2.32. The quantitative estimate of drug-likeness (QED) is 0.762. The number of nitrogens with zero attached hydrogens (tertiary/aromatic N) is 2. The van der Waals surface area contributed by atoms with Crippen molar-refractivity contribution in [2.24, 2.45) is 5.92 Å². The van der Waals surface area contributed by atoms with Crippen molar-refractivity contribution in [3.05, 3.63) is 47.6 Å². The van der Waals surface area contributed by atoms with Crippen LogP contribution in [-0.4, -0.2) is 22.7 Å². The summed E-state index contributed by atoms with van der Waals surface area (Å²) in [6.45, 7) is 6.27. The maximum Gasteiger partial charge on any atom is 0.379 e. The second-order valence-electron chi connectivity index (χ2n) is 4.95. The highest BCUT2D eigenvalue weighted by atomic mass is 16.5. The number of hydrogen-bond donors (Lipinski definition) is 0. The Morgan fingerprint density at radius 3 is 2.62 bits per heavy atom. The van der Waals surface area contributed by atoms with Gasteiger partial charge >= 0.3 is 5.97 Å². The molecule has 0 saturated carbocycles. The van der Waals surface area contributed by atoms with Gasteiger partial charge in [-0.3, -0.25) is 0 Å². The summed E-state index contributed by atoms with van der Waals surface area (Å²) in [5.74, 6) is 0.188. The molecule has 2 atom stereocenters. The van der Waals surface area contributed by atoms with Gasteiger partial charge in [0.25, 0.3) is 5.82 Å². The molecule has 0 bridgehead atoms. The van der Waals surface area contributed by atoms with Gasteiger partial charge in [0.15, 0.2) is 0 Å². The molecule has 1 aromatic heterocycles. The number of benzene rings is 1. The first-order valence-electron chi connectivity index (χ1n) is 7.23. The van der Waals surface area contributed by atoms with Crippen LogP contribution in [0.3, 0.4) is 0 Å². The molecule has 0 spiro atoms. The SMILES string of the molecule is CCOC(=O)c1noc(C(c2ccccc2)C(C)CC)n1. The standard InChI is InChI=1S/C16H20N2O3/c1-4-11(3)13(12-9-7-6-8-10-12)15-17-14(18-21-15)16(19)20-5-2/h6-11,13H,4-5H2,1-3H3. The van der Waals surface area contributed by atoms with E-state index in [9.17, 15) is 4.79 Å². The van der Waals surface area contributed by atoms with E-state index in [1.807, 2.05) is 30.3 Å². The van der Waals surface area contributed by atoms with Crippen LogP contribution < -0.4 is 0 Å². The zero-order valence-corrected chi connectivity index (χ0v) is 12.6. The summed E-state index contributed by atoms with van der Waals surface area (Å²) >= 11 is 0. The number of ether oxygens (including phenoxy) is 1. The number of hydrogen-bond acceptors (Lipinski definition) is 5. The van der Waals surface area contributed by atoms with Gasteiger partial charge in [-0.05, 0) is 23.6 Å². The van der Waals surface area contributed by atoms with Crippen LogP contribution in [0.2, 0.25) is 0 Å². The molecule has 0 N–H and O–H groups in total. The molecule has 2 unspecified atom stereocenters. The van der Waals surface area contributed by atoms with Gasteiger partial charge in [0.05, 0.1) is 12.5 Å². The third-order valence-corrected chi connectivity index (χ3v) is 3.54. The Morgan fingerprint density at radius 2 is 2.00 bits per heavy atom. The Kier molecular flexibility index (Phi) is 5.09. The van der Waals surface area contributed by atoms with Crippen LogP contribution in [-0.2, 0) is 4.74 Å². The second-order valence-corrected chi connectivity index (χ2v) is 4.95. The van der Waals surface area contributed by atoms with Crippen LogP contribution in [0.15, 0.2) is 34.9 Å².